The summed E-state index contributed by atoms with van der Waals surface area (Å²) in [6.45, 7) is 2.49. The zero-order chi connectivity index (χ0) is 11.1. The molecule has 0 aromatic heterocycles. The lowest BCUT2D eigenvalue weighted by Crippen LogP contribution is -2.14. The number of hydrogen-bond donors (Lipinski definition) is 0. The van der Waals surface area contributed by atoms with Crippen molar-refractivity contribution in [3.05, 3.63) is 29.3 Å². The van der Waals surface area contributed by atoms with Crippen LogP contribution in [0, 0.1) is 0 Å². The molecule has 4 heteroatoms. The second kappa shape index (κ2) is 3.43. The minimum Gasteiger partial charge on any atom is -0.493 e. The highest BCUT2D eigenvalue weighted by Gasteiger charge is 2.32. The highest BCUT2D eigenvalue weighted by molar-refractivity contribution is 5.41. The van der Waals surface area contributed by atoms with Crippen LogP contribution in [0.4, 0.5) is 13.2 Å². The maximum absolute atomic E-state index is 12.4. The molecule has 15 heavy (non-hydrogen) atoms. The van der Waals surface area contributed by atoms with Crippen molar-refractivity contribution in [2.24, 2.45) is 0 Å². The topological polar surface area (TPSA) is 9.23 Å². The molecule has 1 aromatic rings. The predicted octanol–water partition coefficient (Wildman–Crippen LogP) is 3.59. The van der Waals surface area contributed by atoms with Gasteiger partial charge in [0.1, 0.15) is 5.75 Å². The third-order valence-electron chi connectivity index (χ3n) is 2.68. The Morgan fingerprint density at radius 1 is 1.33 bits per heavy atom. The van der Waals surface area contributed by atoms with Crippen molar-refractivity contribution in [1.82, 2.24) is 0 Å². The van der Waals surface area contributed by atoms with Crippen LogP contribution >= 0.6 is 0 Å². The molecular weight excluding hydrogens is 205 g/mol. The number of benzene rings is 1. The lowest BCUT2D eigenvalue weighted by atomic mass is 9.94. The van der Waals surface area contributed by atoms with Crippen molar-refractivity contribution in [2.45, 2.75) is 25.4 Å². The van der Waals surface area contributed by atoms with Crippen LogP contribution in [-0.2, 0) is 6.18 Å². The fraction of sp³-hybridized carbons (Fsp3) is 0.455. The van der Waals surface area contributed by atoms with E-state index in [-0.39, 0.29) is 5.92 Å². The van der Waals surface area contributed by atoms with E-state index in [1.54, 1.807) is 0 Å². The maximum atomic E-state index is 12.4. The van der Waals surface area contributed by atoms with Gasteiger partial charge >= 0.3 is 6.18 Å². The average molecular weight is 216 g/mol. The standard InChI is InChI=1S/C11H11F3O/c1-7-4-5-15-10-6-8(11(12,13)14)2-3-9(7)10/h2-3,6-7H,4-5H2,1H3. The van der Waals surface area contributed by atoms with Gasteiger partial charge in [-0.1, -0.05) is 13.0 Å². The zero-order valence-corrected chi connectivity index (χ0v) is 8.27. The molecule has 1 atom stereocenters. The summed E-state index contributed by atoms with van der Waals surface area (Å²) in [7, 11) is 0. The summed E-state index contributed by atoms with van der Waals surface area (Å²) in [5.74, 6) is 0.652. The SMILES string of the molecule is CC1CCOc2cc(C(F)(F)F)ccc21. The molecule has 0 bridgehead atoms. The lowest BCUT2D eigenvalue weighted by Gasteiger charge is -2.23. The van der Waals surface area contributed by atoms with Gasteiger partial charge in [-0.05, 0) is 30.0 Å². The second-order valence-corrected chi connectivity index (χ2v) is 3.79. The molecular formula is C11H11F3O. The molecule has 0 saturated heterocycles. The van der Waals surface area contributed by atoms with Gasteiger partial charge in [0, 0.05) is 0 Å². The van der Waals surface area contributed by atoms with Gasteiger partial charge in [-0.2, -0.15) is 13.2 Å². The van der Waals surface area contributed by atoms with E-state index < -0.39 is 11.7 Å². The van der Waals surface area contributed by atoms with Gasteiger partial charge in [0.25, 0.3) is 0 Å². The van der Waals surface area contributed by atoms with Gasteiger partial charge in [0.15, 0.2) is 0 Å². The van der Waals surface area contributed by atoms with E-state index in [1.165, 1.54) is 6.07 Å². The van der Waals surface area contributed by atoms with Crippen LogP contribution in [0.15, 0.2) is 18.2 Å². The average Bonchev–Trinajstić information content (AvgIpc) is 2.16. The number of rotatable bonds is 0. The Morgan fingerprint density at radius 2 is 2.07 bits per heavy atom. The van der Waals surface area contributed by atoms with Crippen molar-refractivity contribution >= 4 is 0 Å². The van der Waals surface area contributed by atoms with Gasteiger partial charge in [0.05, 0.1) is 12.2 Å². The summed E-state index contributed by atoms with van der Waals surface area (Å²) >= 11 is 0. The van der Waals surface area contributed by atoms with Gasteiger partial charge < -0.3 is 4.74 Å². The van der Waals surface area contributed by atoms with E-state index in [0.29, 0.717) is 12.4 Å². The van der Waals surface area contributed by atoms with Crippen LogP contribution in [0.1, 0.15) is 30.4 Å². The zero-order valence-electron chi connectivity index (χ0n) is 8.27. The Bertz CT molecular complexity index is 371. The molecule has 82 valence electrons. The lowest BCUT2D eigenvalue weighted by molar-refractivity contribution is -0.137. The maximum Gasteiger partial charge on any atom is 0.416 e. The summed E-state index contributed by atoms with van der Waals surface area (Å²) in [5, 5.41) is 0. The molecule has 0 amide bonds. The minimum atomic E-state index is -4.29. The molecule has 1 unspecified atom stereocenters. The Hall–Kier alpha value is -1.19. The molecule has 0 N–H and O–H groups in total. The van der Waals surface area contributed by atoms with E-state index in [4.69, 9.17) is 4.74 Å². The summed E-state index contributed by atoms with van der Waals surface area (Å²) in [6, 6.07) is 3.72. The Balaban J connectivity index is 2.42. The summed E-state index contributed by atoms with van der Waals surface area (Å²) in [4.78, 5) is 0. The largest absolute Gasteiger partial charge is 0.493 e. The highest BCUT2D eigenvalue weighted by atomic mass is 19.4. The molecule has 1 aromatic carbocycles. The third-order valence-corrected chi connectivity index (χ3v) is 2.68. The first-order valence-corrected chi connectivity index (χ1v) is 4.82. The molecule has 1 nitrogen and oxygen atoms in total. The van der Waals surface area contributed by atoms with Crippen molar-refractivity contribution in [3.8, 4) is 5.75 Å². The van der Waals surface area contributed by atoms with Crippen molar-refractivity contribution < 1.29 is 17.9 Å². The van der Waals surface area contributed by atoms with Crippen molar-refractivity contribution in [3.63, 3.8) is 0 Å². The fourth-order valence-electron chi connectivity index (χ4n) is 1.74. The van der Waals surface area contributed by atoms with E-state index in [2.05, 4.69) is 0 Å². The van der Waals surface area contributed by atoms with E-state index in [1.807, 2.05) is 6.92 Å². The Labute approximate surface area is 85.9 Å². The first-order valence-electron chi connectivity index (χ1n) is 4.82. The Morgan fingerprint density at radius 3 is 2.73 bits per heavy atom. The molecule has 2 rings (SSSR count). The van der Waals surface area contributed by atoms with Crippen LogP contribution in [0.2, 0.25) is 0 Å². The molecule has 0 aliphatic carbocycles. The smallest absolute Gasteiger partial charge is 0.416 e. The van der Waals surface area contributed by atoms with Crippen LogP contribution in [0.5, 0.6) is 5.75 Å². The first kappa shape index (κ1) is 10.3. The molecule has 0 radical (unpaired) electrons. The molecule has 0 fully saturated rings. The summed E-state index contributed by atoms with van der Waals surface area (Å²) in [5.41, 5.74) is 0.226. The number of halogens is 3. The van der Waals surface area contributed by atoms with Crippen LogP contribution < -0.4 is 4.74 Å². The number of ether oxygens (including phenoxy) is 1. The van der Waals surface area contributed by atoms with E-state index in [9.17, 15) is 13.2 Å². The molecule has 1 aliphatic rings. The number of alkyl halides is 3. The third kappa shape index (κ3) is 1.94. The normalized spacial score (nSPS) is 20.7. The van der Waals surface area contributed by atoms with Crippen molar-refractivity contribution in [2.75, 3.05) is 6.61 Å². The number of hydrogen-bond acceptors (Lipinski definition) is 1. The van der Waals surface area contributed by atoms with Gasteiger partial charge in [0.2, 0.25) is 0 Å². The molecule has 1 aliphatic heterocycles. The monoisotopic (exact) mass is 216 g/mol. The molecule has 0 spiro atoms. The Kier molecular flexibility index (Phi) is 2.37. The molecule has 1 heterocycles. The van der Waals surface area contributed by atoms with E-state index >= 15 is 0 Å². The van der Waals surface area contributed by atoms with Gasteiger partial charge in [-0.25, -0.2) is 0 Å². The summed E-state index contributed by atoms with van der Waals surface area (Å²) < 4.78 is 42.4. The second-order valence-electron chi connectivity index (χ2n) is 3.79. The summed E-state index contributed by atoms with van der Waals surface area (Å²) in [6.07, 6.45) is -3.43. The van der Waals surface area contributed by atoms with Crippen LogP contribution in [-0.4, -0.2) is 6.61 Å². The van der Waals surface area contributed by atoms with E-state index in [0.717, 1.165) is 24.1 Å². The molecule has 0 saturated carbocycles. The van der Waals surface area contributed by atoms with Crippen LogP contribution in [0.25, 0.3) is 0 Å². The quantitative estimate of drug-likeness (QED) is 0.644. The van der Waals surface area contributed by atoms with Crippen molar-refractivity contribution in [1.29, 1.82) is 0 Å². The van der Waals surface area contributed by atoms with Crippen LogP contribution in [0.3, 0.4) is 0 Å². The number of fused-ring (bicyclic) bond motifs is 1. The minimum absolute atomic E-state index is 0.274. The first-order chi connectivity index (χ1) is 6.98. The highest BCUT2D eigenvalue weighted by Crippen LogP contribution is 2.38. The fourth-order valence-corrected chi connectivity index (χ4v) is 1.74. The predicted molar refractivity (Wildman–Crippen MR) is 50.0 cm³/mol. The van der Waals surface area contributed by atoms with Gasteiger partial charge in [-0.3, -0.25) is 0 Å². The van der Waals surface area contributed by atoms with Gasteiger partial charge in [-0.15, -0.1) is 0 Å².